The van der Waals surface area contributed by atoms with E-state index < -0.39 is 12.4 Å². The molecule has 0 bridgehead atoms. The summed E-state index contributed by atoms with van der Waals surface area (Å²) in [7, 11) is 2.97. The van der Waals surface area contributed by atoms with Crippen LogP contribution < -0.4 is 0 Å². The molecule has 0 saturated heterocycles. The summed E-state index contributed by atoms with van der Waals surface area (Å²) >= 11 is 0. The van der Waals surface area contributed by atoms with E-state index in [-0.39, 0.29) is 0 Å². The molecule has 1 N–H and O–H groups in total. The van der Waals surface area contributed by atoms with Crippen LogP contribution in [0, 0.1) is 0 Å². The monoisotopic (exact) mass is 146 g/mol. The zero-order valence-electron chi connectivity index (χ0n) is 6.41. The second-order valence-corrected chi connectivity index (χ2v) is 1.93. The van der Waals surface area contributed by atoms with Crippen LogP contribution in [0.3, 0.4) is 0 Å². The summed E-state index contributed by atoms with van der Waals surface area (Å²) in [5.74, 6) is 0. The van der Waals surface area contributed by atoms with E-state index in [1.54, 1.807) is 6.08 Å². The van der Waals surface area contributed by atoms with Crippen molar-refractivity contribution < 1.29 is 14.6 Å². The largest absolute Gasteiger partial charge is 0.388 e. The molecule has 0 heterocycles. The third-order valence-corrected chi connectivity index (χ3v) is 1.19. The average molecular weight is 146 g/mol. The van der Waals surface area contributed by atoms with E-state index in [0.717, 1.165) is 0 Å². The lowest BCUT2D eigenvalue weighted by molar-refractivity contribution is -0.162. The molecule has 0 aliphatic rings. The molecular weight excluding hydrogens is 132 g/mol. The lowest BCUT2D eigenvalue weighted by Gasteiger charge is -2.17. The van der Waals surface area contributed by atoms with Crippen molar-refractivity contribution in [1.82, 2.24) is 0 Å². The summed E-state index contributed by atoms with van der Waals surface area (Å²) in [5.41, 5.74) is 0. The quantitative estimate of drug-likeness (QED) is 0.454. The van der Waals surface area contributed by atoms with Crippen LogP contribution in [0.4, 0.5) is 0 Å². The average Bonchev–Trinajstić information content (AvgIpc) is 1.91. The highest BCUT2D eigenvalue weighted by atomic mass is 16.7. The predicted molar refractivity (Wildman–Crippen MR) is 38.6 cm³/mol. The second kappa shape index (κ2) is 5.41. The van der Waals surface area contributed by atoms with Gasteiger partial charge in [-0.2, -0.15) is 0 Å². The normalized spacial score (nSPS) is 13.6. The Kier molecular flexibility index (Phi) is 5.20. The second-order valence-electron chi connectivity index (χ2n) is 1.93. The first kappa shape index (κ1) is 9.62. The van der Waals surface area contributed by atoms with Gasteiger partial charge in [-0.3, -0.25) is 0 Å². The SMILES string of the molecule is C=CCC(O)C(OC)OC. The van der Waals surface area contributed by atoms with Crippen molar-refractivity contribution in [3.8, 4) is 0 Å². The van der Waals surface area contributed by atoms with Crippen LogP contribution in [-0.2, 0) is 9.47 Å². The van der Waals surface area contributed by atoms with Crippen LogP contribution >= 0.6 is 0 Å². The Morgan fingerprint density at radius 2 is 2.00 bits per heavy atom. The molecule has 0 aliphatic carbocycles. The molecule has 0 saturated carbocycles. The number of methoxy groups -OCH3 is 2. The van der Waals surface area contributed by atoms with Gasteiger partial charge < -0.3 is 14.6 Å². The van der Waals surface area contributed by atoms with Crippen molar-refractivity contribution in [2.75, 3.05) is 14.2 Å². The van der Waals surface area contributed by atoms with E-state index in [2.05, 4.69) is 6.58 Å². The van der Waals surface area contributed by atoms with Gasteiger partial charge in [-0.1, -0.05) is 6.08 Å². The van der Waals surface area contributed by atoms with Crippen molar-refractivity contribution in [3.63, 3.8) is 0 Å². The molecule has 0 fully saturated rings. The number of hydrogen-bond acceptors (Lipinski definition) is 3. The lowest BCUT2D eigenvalue weighted by Crippen LogP contribution is -2.28. The maximum atomic E-state index is 9.19. The van der Waals surface area contributed by atoms with Crippen molar-refractivity contribution in [3.05, 3.63) is 12.7 Å². The summed E-state index contributed by atoms with van der Waals surface area (Å²) in [6, 6.07) is 0. The Morgan fingerprint density at radius 1 is 1.50 bits per heavy atom. The maximum absolute atomic E-state index is 9.19. The first-order valence-corrected chi connectivity index (χ1v) is 3.10. The van der Waals surface area contributed by atoms with Gasteiger partial charge in [0.15, 0.2) is 6.29 Å². The molecule has 0 amide bonds. The fourth-order valence-electron chi connectivity index (χ4n) is 0.692. The molecule has 0 rings (SSSR count). The summed E-state index contributed by atoms with van der Waals surface area (Å²) in [6.07, 6.45) is 0.938. The highest BCUT2D eigenvalue weighted by Gasteiger charge is 2.15. The Balaban J connectivity index is 3.63. The molecule has 3 nitrogen and oxygen atoms in total. The van der Waals surface area contributed by atoms with Crippen LogP contribution in [0.15, 0.2) is 12.7 Å². The van der Waals surface area contributed by atoms with E-state index >= 15 is 0 Å². The molecule has 0 aromatic rings. The molecule has 0 aromatic heterocycles. The van der Waals surface area contributed by atoms with E-state index in [0.29, 0.717) is 6.42 Å². The number of rotatable bonds is 5. The minimum absolute atomic E-state index is 0.479. The smallest absolute Gasteiger partial charge is 0.183 e. The summed E-state index contributed by atoms with van der Waals surface area (Å²) in [4.78, 5) is 0. The molecule has 0 spiro atoms. The van der Waals surface area contributed by atoms with Crippen molar-refractivity contribution in [2.24, 2.45) is 0 Å². The van der Waals surface area contributed by atoms with E-state index in [9.17, 15) is 5.11 Å². The molecule has 0 radical (unpaired) electrons. The summed E-state index contributed by atoms with van der Waals surface area (Å²) in [6.45, 7) is 3.48. The molecule has 1 atom stereocenters. The third kappa shape index (κ3) is 2.96. The van der Waals surface area contributed by atoms with Gasteiger partial charge in [0.1, 0.15) is 6.10 Å². The Hall–Kier alpha value is -0.380. The highest BCUT2D eigenvalue weighted by molar-refractivity contribution is 4.73. The van der Waals surface area contributed by atoms with Gasteiger partial charge in [-0.25, -0.2) is 0 Å². The van der Waals surface area contributed by atoms with Gasteiger partial charge in [0.2, 0.25) is 0 Å². The third-order valence-electron chi connectivity index (χ3n) is 1.19. The molecular formula is C7H14O3. The van der Waals surface area contributed by atoms with E-state index in [1.807, 2.05) is 0 Å². The number of aliphatic hydroxyl groups is 1. The fraction of sp³-hybridized carbons (Fsp3) is 0.714. The zero-order chi connectivity index (χ0) is 7.98. The molecule has 10 heavy (non-hydrogen) atoms. The number of aliphatic hydroxyl groups excluding tert-OH is 1. The van der Waals surface area contributed by atoms with Gasteiger partial charge in [0, 0.05) is 14.2 Å². The van der Waals surface area contributed by atoms with Gasteiger partial charge in [-0.05, 0) is 6.42 Å². The Morgan fingerprint density at radius 3 is 2.30 bits per heavy atom. The summed E-state index contributed by atoms with van der Waals surface area (Å²) < 4.78 is 9.59. The summed E-state index contributed by atoms with van der Waals surface area (Å²) in [5, 5.41) is 9.19. The zero-order valence-corrected chi connectivity index (χ0v) is 6.41. The van der Waals surface area contributed by atoms with E-state index in [1.165, 1.54) is 14.2 Å². The molecule has 0 aliphatic heterocycles. The minimum atomic E-state index is -0.618. The minimum Gasteiger partial charge on any atom is -0.388 e. The van der Waals surface area contributed by atoms with Crippen LogP contribution in [0.1, 0.15) is 6.42 Å². The molecule has 1 unspecified atom stereocenters. The Bertz CT molecular complexity index is 88.9. The molecule has 3 heteroatoms. The molecule has 0 aromatic carbocycles. The van der Waals surface area contributed by atoms with Crippen LogP contribution in [0.25, 0.3) is 0 Å². The van der Waals surface area contributed by atoms with E-state index in [4.69, 9.17) is 9.47 Å². The molecule has 60 valence electrons. The number of hydrogen-bond donors (Lipinski definition) is 1. The van der Waals surface area contributed by atoms with Crippen LogP contribution in [0.2, 0.25) is 0 Å². The standard InChI is InChI=1S/C7H14O3/c1-4-5-6(8)7(9-2)10-3/h4,6-8H,1,5H2,2-3H3. The first-order valence-electron chi connectivity index (χ1n) is 3.10. The predicted octanol–water partition coefficient (Wildman–Crippen LogP) is 0.542. The Labute approximate surface area is 61.3 Å². The van der Waals surface area contributed by atoms with Crippen molar-refractivity contribution >= 4 is 0 Å². The lowest BCUT2D eigenvalue weighted by atomic mass is 10.2. The van der Waals surface area contributed by atoms with Gasteiger partial charge in [0.25, 0.3) is 0 Å². The van der Waals surface area contributed by atoms with Crippen molar-refractivity contribution in [1.29, 1.82) is 0 Å². The van der Waals surface area contributed by atoms with Gasteiger partial charge in [0.05, 0.1) is 0 Å². The first-order chi connectivity index (χ1) is 4.76. The highest BCUT2D eigenvalue weighted by Crippen LogP contribution is 2.03. The fourth-order valence-corrected chi connectivity index (χ4v) is 0.692. The number of ether oxygens (including phenoxy) is 2. The van der Waals surface area contributed by atoms with Crippen molar-refractivity contribution in [2.45, 2.75) is 18.8 Å². The topological polar surface area (TPSA) is 38.7 Å². The van der Waals surface area contributed by atoms with Gasteiger partial charge in [-0.15, -0.1) is 6.58 Å². The van der Waals surface area contributed by atoms with Crippen LogP contribution in [0.5, 0.6) is 0 Å². The van der Waals surface area contributed by atoms with Crippen LogP contribution in [-0.4, -0.2) is 31.7 Å². The maximum Gasteiger partial charge on any atom is 0.183 e. The van der Waals surface area contributed by atoms with Gasteiger partial charge >= 0.3 is 0 Å².